The molecule has 1 aromatic rings. The number of hydrogen-bond acceptors (Lipinski definition) is 2. The summed E-state index contributed by atoms with van der Waals surface area (Å²) >= 11 is 0. The lowest BCUT2D eigenvalue weighted by atomic mass is 9.84. The van der Waals surface area contributed by atoms with Gasteiger partial charge in [-0.05, 0) is 19.9 Å². The van der Waals surface area contributed by atoms with Crippen LogP contribution in [0.5, 0.6) is 0 Å². The largest absolute Gasteiger partial charge is 0.468 e. The molecular weight excluding hydrogens is 202 g/mol. The van der Waals surface area contributed by atoms with E-state index in [1.165, 1.54) is 33.1 Å². The molecule has 0 saturated carbocycles. The Morgan fingerprint density at radius 2 is 1.93 bits per heavy atom. The van der Waals surface area contributed by atoms with Gasteiger partial charge in [-0.1, -0.05) is 12.1 Å². The van der Waals surface area contributed by atoms with E-state index in [2.05, 4.69) is 4.74 Å². The average Bonchev–Trinajstić information content (AvgIpc) is 2.20. The molecule has 0 bridgehead atoms. The minimum atomic E-state index is -1.19. The lowest BCUT2D eigenvalue weighted by Crippen LogP contribution is -2.31. The molecule has 82 valence electrons. The second-order valence-corrected chi connectivity index (χ2v) is 3.72. The first-order valence-electron chi connectivity index (χ1n) is 4.44. The molecule has 0 heterocycles. The molecule has 0 aliphatic carbocycles. The molecule has 0 fully saturated rings. The topological polar surface area (TPSA) is 26.3 Å². The first-order chi connectivity index (χ1) is 6.91. The van der Waals surface area contributed by atoms with Crippen molar-refractivity contribution in [1.82, 2.24) is 0 Å². The normalized spacial score (nSPS) is 11.3. The van der Waals surface area contributed by atoms with Crippen LogP contribution in [0.3, 0.4) is 0 Å². The third-order valence-electron chi connectivity index (χ3n) is 2.32. The highest BCUT2D eigenvalue weighted by molar-refractivity contribution is 5.82. The van der Waals surface area contributed by atoms with Gasteiger partial charge in [0.05, 0.1) is 12.5 Å². The summed E-state index contributed by atoms with van der Waals surface area (Å²) in [5.41, 5.74) is -1.20. The van der Waals surface area contributed by atoms with Gasteiger partial charge in [-0.3, -0.25) is 4.79 Å². The molecule has 0 aliphatic rings. The van der Waals surface area contributed by atoms with Gasteiger partial charge >= 0.3 is 5.97 Å². The number of carbonyl (C=O) groups excluding carboxylic acids is 1. The maximum Gasteiger partial charge on any atom is 0.315 e. The van der Waals surface area contributed by atoms with Gasteiger partial charge in [0.1, 0.15) is 0 Å². The van der Waals surface area contributed by atoms with Crippen LogP contribution in [0, 0.1) is 11.6 Å². The Kier molecular flexibility index (Phi) is 3.07. The number of rotatable bonds is 2. The average molecular weight is 214 g/mol. The molecule has 0 atom stereocenters. The first-order valence-corrected chi connectivity index (χ1v) is 4.44. The molecule has 0 spiro atoms. The van der Waals surface area contributed by atoms with Crippen molar-refractivity contribution in [2.45, 2.75) is 19.3 Å². The number of ether oxygens (including phenoxy) is 1. The zero-order valence-corrected chi connectivity index (χ0v) is 8.80. The van der Waals surface area contributed by atoms with Crippen molar-refractivity contribution >= 4 is 5.97 Å². The molecule has 0 N–H and O–H groups in total. The predicted octanol–water partition coefficient (Wildman–Crippen LogP) is 2.42. The highest BCUT2D eigenvalue weighted by Gasteiger charge is 2.34. The summed E-state index contributed by atoms with van der Waals surface area (Å²) in [5, 5.41) is 0. The van der Waals surface area contributed by atoms with Crippen molar-refractivity contribution < 1.29 is 18.3 Å². The molecule has 0 aromatic heterocycles. The van der Waals surface area contributed by atoms with Gasteiger partial charge in [0.2, 0.25) is 0 Å². The summed E-state index contributed by atoms with van der Waals surface area (Å²) in [5.74, 6) is -2.58. The van der Waals surface area contributed by atoms with Gasteiger partial charge in [0.15, 0.2) is 11.6 Å². The molecule has 0 amide bonds. The van der Waals surface area contributed by atoms with E-state index in [9.17, 15) is 13.6 Å². The fourth-order valence-corrected chi connectivity index (χ4v) is 1.35. The van der Waals surface area contributed by atoms with E-state index in [1.54, 1.807) is 0 Å². The number of halogens is 2. The van der Waals surface area contributed by atoms with Crippen LogP contribution in [0.2, 0.25) is 0 Å². The Labute approximate surface area is 86.9 Å². The molecule has 4 heteroatoms. The van der Waals surface area contributed by atoms with Crippen LogP contribution >= 0.6 is 0 Å². The van der Waals surface area contributed by atoms with E-state index in [0.717, 1.165) is 6.07 Å². The van der Waals surface area contributed by atoms with E-state index in [1.807, 2.05) is 0 Å². The van der Waals surface area contributed by atoms with Gasteiger partial charge in [-0.2, -0.15) is 0 Å². The van der Waals surface area contributed by atoms with Crippen LogP contribution in [0.15, 0.2) is 18.2 Å². The molecule has 1 rings (SSSR count). The summed E-state index contributed by atoms with van der Waals surface area (Å²) in [4.78, 5) is 11.4. The summed E-state index contributed by atoms with van der Waals surface area (Å²) in [6.45, 7) is 2.97. The lowest BCUT2D eigenvalue weighted by Gasteiger charge is -2.22. The van der Waals surface area contributed by atoms with Gasteiger partial charge in [0, 0.05) is 5.56 Å². The van der Waals surface area contributed by atoms with E-state index < -0.39 is 23.0 Å². The molecule has 0 saturated heterocycles. The van der Waals surface area contributed by atoms with E-state index in [4.69, 9.17) is 0 Å². The number of hydrogen-bond donors (Lipinski definition) is 0. The van der Waals surface area contributed by atoms with Crippen LogP contribution in [-0.4, -0.2) is 13.1 Å². The predicted molar refractivity (Wildman–Crippen MR) is 51.4 cm³/mol. The SMILES string of the molecule is COC(=O)C(C)(C)c1cccc(F)c1F. The third kappa shape index (κ3) is 1.98. The Balaban J connectivity index is 3.27. The molecular formula is C11H12F2O2. The summed E-state index contributed by atoms with van der Waals surface area (Å²) in [6, 6.07) is 3.74. The monoisotopic (exact) mass is 214 g/mol. The second kappa shape index (κ2) is 3.96. The third-order valence-corrected chi connectivity index (χ3v) is 2.32. The Bertz CT molecular complexity index is 386. The second-order valence-electron chi connectivity index (χ2n) is 3.72. The van der Waals surface area contributed by atoms with Crippen molar-refractivity contribution in [2.24, 2.45) is 0 Å². The van der Waals surface area contributed by atoms with Crippen LogP contribution in [0.4, 0.5) is 8.78 Å². The Morgan fingerprint density at radius 1 is 1.33 bits per heavy atom. The summed E-state index contributed by atoms with van der Waals surface area (Å²) < 4.78 is 30.9. The maximum absolute atomic E-state index is 13.4. The van der Waals surface area contributed by atoms with Crippen molar-refractivity contribution in [3.05, 3.63) is 35.4 Å². The Hall–Kier alpha value is -1.45. The highest BCUT2D eigenvalue weighted by Crippen LogP contribution is 2.28. The quantitative estimate of drug-likeness (QED) is 0.707. The highest BCUT2D eigenvalue weighted by atomic mass is 19.2. The molecule has 0 radical (unpaired) electrons. The molecule has 1 aromatic carbocycles. The van der Waals surface area contributed by atoms with E-state index >= 15 is 0 Å². The lowest BCUT2D eigenvalue weighted by molar-refractivity contribution is -0.146. The smallest absolute Gasteiger partial charge is 0.315 e. The minimum absolute atomic E-state index is 0.00523. The van der Waals surface area contributed by atoms with Crippen molar-refractivity contribution in [3.8, 4) is 0 Å². The number of esters is 1. The van der Waals surface area contributed by atoms with Crippen LogP contribution in [0.25, 0.3) is 0 Å². The molecule has 15 heavy (non-hydrogen) atoms. The van der Waals surface area contributed by atoms with Crippen molar-refractivity contribution in [2.75, 3.05) is 7.11 Å². The zero-order valence-electron chi connectivity index (χ0n) is 8.80. The Morgan fingerprint density at radius 3 is 2.47 bits per heavy atom. The van der Waals surface area contributed by atoms with E-state index in [0.29, 0.717) is 0 Å². The zero-order chi connectivity index (χ0) is 11.6. The fraction of sp³-hybridized carbons (Fsp3) is 0.364. The summed E-state index contributed by atoms with van der Waals surface area (Å²) in [7, 11) is 1.21. The fourth-order valence-electron chi connectivity index (χ4n) is 1.35. The van der Waals surface area contributed by atoms with Gasteiger partial charge in [-0.25, -0.2) is 8.78 Å². The minimum Gasteiger partial charge on any atom is -0.468 e. The van der Waals surface area contributed by atoms with E-state index in [-0.39, 0.29) is 5.56 Å². The summed E-state index contributed by atoms with van der Waals surface area (Å²) in [6.07, 6.45) is 0. The molecule has 2 nitrogen and oxygen atoms in total. The van der Waals surface area contributed by atoms with Crippen molar-refractivity contribution in [1.29, 1.82) is 0 Å². The van der Waals surface area contributed by atoms with Crippen LogP contribution in [-0.2, 0) is 14.9 Å². The molecule has 0 aliphatic heterocycles. The van der Waals surface area contributed by atoms with Gasteiger partial charge in [-0.15, -0.1) is 0 Å². The maximum atomic E-state index is 13.4. The van der Waals surface area contributed by atoms with Gasteiger partial charge in [0.25, 0.3) is 0 Å². The number of methoxy groups -OCH3 is 1. The van der Waals surface area contributed by atoms with Crippen LogP contribution < -0.4 is 0 Å². The standard InChI is InChI=1S/C11H12F2O2/c1-11(2,10(14)15-3)7-5-4-6-8(12)9(7)13/h4-6H,1-3H3. The van der Waals surface area contributed by atoms with Gasteiger partial charge < -0.3 is 4.74 Å². The number of carbonyl (C=O) groups is 1. The van der Waals surface area contributed by atoms with Crippen molar-refractivity contribution in [3.63, 3.8) is 0 Å². The van der Waals surface area contributed by atoms with Crippen LogP contribution in [0.1, 0.15) is 19.4 Å². The first kappa shape index (κ1) is 11.6. The number of benzene rings is 1. The molecule has 0 unspecified atom stereocenters.